The summed E-state index contributed by atoms with van der Waals surface area (Å²) in [6.45, 7) is 3.69. The Hall–Kier alpha value is -2.61. The molecule has 0 spiro atoms. The maximum absolute atomic E-state index is 12.2. The molecule has 0 unspecified atom stereocenters. The third-order valence-electron chi connectivity index (χ3n) is 3.52. The second-order valence-corrected chi connectivity index (χ2v) is 6.61. The molecule has 0 fully saturated rings. The van der Waals surface area contributed by atoms with Crippen molar-refractivity contribution in [1.29, 1.82) is 0 Å². The van der Waals surface area contributed by atoms with Gasteiger partial charge in [0.1, 0.15) is 10.6 Å². The van der Waals surface area contributed by atoms with E-state index in [-0.39, 0.29) is 11.5 Å². The van der Waals surface area contributed by atoms with E-state index in [0.29, 0.717) is 16.2 Å². The highest BCUT2D eigenvalue weighted by atomic mass is 32.2. The number of H-pyrrole nitrogens is 1. The molecule has 0 amide bonds. The molecule has 8 heteroatoms. The Kier molecular flexibility index (Phi) is 4.39. The monoisotopic (exact) mass is 344 g/mol. The largest absolute Gasteiger partial charge is 0.468 e. The van der Waals surface area contributed by atoms with Crippen LogP contribution >= 0.6 is 11.8 Å². The number of ether oxygens (including phenoxy) is 1. The van der Waals surface area contributed by atoms with E-state index in [4.69, 9.17) is 4.74 Å². The minimum Gasteiger partial charge on any atom is -0.468 e. The molecule has 124 valence electrons. The van der Waals surface area contributed by atoms with Gasteiger partial charge < -0.3 is 9.72 Å². The average molecular weight is 344 g/mol. The number of fused-ring (bicyclic) bond motifs is 1. The predicted octanol–water partition coefficient (Wildman–Crippen LogP) is 2.07. The normalized spacial score (nSPS) is 12.3. The van der Waals surface area contributed by atoms with Crippen LogP contribution in [0, 0.1) is 6.92 Å². The van der Waals surface area contributed by atoms with Gasteiger partial charge in [-0.3, -0.25) is 9.59 Å². The second kappa shape index (κ2) is 6.48. The van der Waals surface area contributed by atoms with Crippen molar-refractivity contribution in [2.24, 2.45) is 0 Å². The van der Waals surface area contributed by atoms with Crippen molar-refractivity contribution >= 4 is 28.8 Å². The van der Waals surface area contributed by atoms with Crippen LogP contribution in [0.3, 0.4) is 0 Å². The standard InChI is InChI=1S/C16H16N4O3S/c1-9-4-6-11(7-5-9)20-13-12(8-17-20)14(21)19-16(18-13)24-10(2)15(22)23-3/h4-8,10H,1-3H3,(H,18,19,21)/t10-/m0/s1. The molecule has 1 N–H and O–H groups in total. The van der Waals surface area contributed by atoms with Gasteiger partial charge in [0.25, 0.3) is 5.56 Å². The fraction of sp³-hybridized carbons (Fsp3) is 0.250. The first kappa shape index (κ1) is 16.3. The summed E-state index contributed by atoms with van der Waals surface area (Å²) in [4.78, 5) is 30.9. The van der Waals surface area contributed by atoms with Gasteiger partial charge in [0, 0.05) is 0 Å². The van der Waals surface area contributed by atoms with Crippen molar-refractivity contribution in [3.63, 3.8) is 0 Å². The van der Waals surface area contributed by atoms with Crippen LogP contribution in [-0.2, 0) is 9.53 Å². The molecule has 2 aromatic heterocycles. The van der Waals surface area contributed by atoms with Crippen molar-refractivity contribution in [3.05, 3.63) is 46.4 Å². The van der Waals surface area contributed by atoms with E-state index in [9.17, 15) is 9.59 Å². The third kappa shape index (κ3) is 3.05. The lowest BCUT2D eigenvalue weighted by Crippen LogP contribution is -2.17. The molecule has 3 rings (SSSR count). The zero-order chi connectivity index (χ0) is 17.3. The van der Waals surface area contributed by atoms with Gasteiger partial charge in [0.2, 0.25) is 0 Å². The van der Waals surface area contributed by atoms with Crippen LogP contribution in [0.15, 0.2) is 40.4 Å². The van der Waals surface area contributed by atoms with Crippen molar-refractivity contribution in [3.8, 4) is 5.69 Å². The van der Waals surface area contributed by atoms with Gasteiger partial charge in [-0.2, -0.15) is 5.10 Å². The lowest BCUT2D eigenvalue weighted by Gasteiger charge is -2.08. The van der Waals surface area contributed by atoms with Crippen LogP contribution in [0.25, 0.3) is 16.7 Å². The van der Waals surface area contributed by atoms with Crippen LogP contribution in [0.4, 0.5) is 0 Å². The predicted molar refractivity (Wildman–Crippen MR) is 91.6 cm³/mol. The number of aromatic amines is 1. The number of hydrogen-bond donors (Lipinski definition) is 1. The van der Waals surface area contributed by atoms with Gasteiger partial charge in [0.15, 0.2) is 10.8 Å². The Morgan fingerprint density at radius 3 is 2.71 bits per heavy atom. The third-order valence-corrected chi connectivity index (χ3v) is 4.48. The molecule has 2 heterocycles. The summed E-state index contributed by atoms with van der Waals surface area (Å²) >= 11 is 1.13. The molecular weight excluding hydrogens is 328 g/mol. The van der Waals surface area contributed by atoms with E-state index in [1.54, 1.807) is 11.6 Å². The molecule has 1 atom stereocenters. The van der Waals surface area contributed by atoms with Gasteiger partial charge in [-0.25, -0.2) is 9.67 Å². The van der Waals surface area contributed by atoms with E-state index in [1.165, 1.54) is 13.3 Å². The maximum atomic E-state index is 12.2. The molecule has 0 aliphatic rings. The minimum absolute atomic E-state index is 0.294. The molecule has 0 saturated carbocycles. The average Bonchev–Trinajstić information content (AvgIpc) is 2.99. The van der Waals surface area contributed by atoms with Gasteiger partial charge in [-0.1, -0.05) is 29.5 Å². The molecule has 0 aliphatic heterocycles. The van der Waals surface area contributed by atoms with Crippen LogP contribution in [0.2, 0.25) is 0 Å². The van der Waals surface area contributed by atoms with Crippen LogP contribution < -0.4 is 5.56 Å². The molecule has 3 aromatic rings. The lowest BCUT2D eigenvalue weighted by molar-refractivity contribution is -0.139. The fourth-order valence-electron chi connectivity index (χ4n) is 2.21. The van der Waals surface area contributed by atoms with Gasteiger partial charge in [-0.05, 0) is 26.0 Å². The number of nitrogens with one attached hydrogen (secondary N) is 1. The SMILES string of the molecule is COC(=O)[C@H](C)Sc1nc2c(cnn2-c2ccc(C)cc2)c(=O)[nH]1. The number of carbonyl (C=O) groups excluding carboxylic acids is 1. The minimum atomic E-state index is -0.480. The number of aryl methyl sites for hydroxylation is 1. The van der Waals surface area contributed by atoms with E-state index in [1.807, 2.05) is 31.2 Å². The summed E-state index contributed by atoms with van der Waals surface area (Å²) in [5.74, 6) is -0.380. The highest BCUT2D eigenvalue weighted by molar-refractivity contribution is 8.00. The number of benzene rings is 1. The maximum Gasteiger partial charge on any atom is 0.318 e. The smallest absolute Gasteiger partial charge is 0.318 e. The zero-order valence-corrected chi connectivity index (χ0v) is 14.3. The Morgan fingerprint density at radius 2 is 2.04 bits per heavy atom. The first-order valence-electron chi connectivity index (χ1n) is 7.29. The van der Waals surface area contributed by atoms with Crippen molar-refractivity contribution < 1.29 is 9.53 Å². The quantitative estimate of drug-likeness (QED) is 0.443. The summed E-state index contributed by atoms with van der Waals surface area (Å²) in [6.07, 6.45) is 1.49. The zero-order valence-electron chi connectivity index (χ0n) is 13.4. The molecule has 1 aromatic carbocycles. The van der Waals surface area contributed by atoms with Crippen molar-refractivity contribution in [2.75, 3.05) is 7.11 Å². The van der Waals surface area contributed by atoms with Gasteiger partial charge in [-0.15, -0.1) is 0 Å². The molecule has 7 nitrogen and oxygen atoms in total. The summed E-state index contributed by atoms with van der Waals surface area (Å²) in [7, 11) is 1.32. The summed E-state index contributed by atoms with van der Waals surface area (Å²) in [5, 5.41) is 4.52. The number of hydrogen-bond acceptors (Lipinski definition) is 6. The topological polar surface area (TPSA) is 89.9 Å². The van der Waals surface area contributed by atoms with E-state index >= 15 is 0 Å². The van der Waals surface area contributed by atoms with Gasteiger partial charge in [0.05, 0.1) is 19.0 Å². The van der Waals surface area contributed by atoms with Gasteiger partial charge >= 0.3 is 5.97 Å². The summed E-state index contributed by atoms with van der Waals surface area (Å²) < 4.78 is 6.30. The van der Waals surface area contributed by atoms with E-state index in [2.05, 4.69) is 15.1 Å². The number of thioether (sulfide) groups is 1. The number of esters is 1. The molecule has 0 saturated heterocycles. The highest BCUT2D eigenvalue weighted by Gasteiger charge is 2.18. The highest BCUT2D eigenvalue weighted by Crippen LogP contribution is 2.22. The number of rotatable bonds is 4. The van der Waals surface area contributed by atoms with Crippen LogP contribution in [0.1, 0.15) is 12.5 Å². The van der Waals surface area contributed by atoms with Crippen LogP contribution in [0.5, 0.6) is 0 Å². The fourth-order valence-corrected chi connectivity index (χ4v) is 3.03. The molecule has 0 aliphatic carbocycles. The summed E-state index contributed by atoms with van der Waals surface area (Å²) in [6, 6.07) is 7.75. The number of nitrogens with zero attached hydrogens (tertiary/aromatic N) is 3. The molecular formula is C16H16N4O3S. The first-order valence-corrected chi connectivity index (χ1v) is 8.17. The Morgan fingerprint density at radius 1 is 1.33 bits per heavy atom. The molecule has 24 heavy (non-hydrogen) atoms. The lowest BCUT2D eigenvalue weighted by atomic mass is 10.2. The summed E-state index contributed by atoms with van der Waals surface area (Å²) in [5.41, 5.74) is 2.09. The Bertz CT molecular complexity index is 946. The van der Waals surface area contributed by atoms with Crippen molar-refractivity contribution in [2.45, 2.75) is 24.3 Å². The second-order valence-electron chi connectivity index (χ2n) is 5.28. The van der Waals surface area contributed by atoms with E-state index in [0.717, 1.165) is 23.0 Å². The first-order chi connectivity index (χ1) is 11.5. The molecule has 0 radical (unpaired) electrons. The number of carbonyl (C=O) groups is 1. The number of methoxy groups -OCH3 is 1. The Labute approximate surface area is 142 Å². The van der Waals surface area contributed by atoms with Crippen molar-refractivity contribution in [1.82, 2.24) is 19.7 Å². The Balaban J connectivity index is 2.05. The number of aromatic nitrogens is 4. The molecule has 0 bridgehead atoms. The van der Waals surface area contributed by atoms with E-state index < -0.39 is 5.25 Å². The van der Waals surface area contributed by atoms with Crippen LogP contribution in [-0.4, -0.2) is 38.1 Å².